The Hall–Kier alpha value is -3.02. The molecule has 0 saturated heterocycles. The predicted molar refractivity (Wildman–Crippen MR) is 146 cm³/mol. The monoisotopic (exact) mass is 497 g/mol. The molecule has 2 aliphatic carbocycles. The summed E-state index contributed by atoms with van der Waals surface area (Å²) in [4.78, 5) is 25.8. The third kappa shape index (κ3) is 5.94. The van der Waals surface area contributed by atoms with E-state index in [1.165, 1.54) is 38.5 Å². The van der Waals surface area contributed by atoms with Crippen molar-refractivity contribution in [1.82, 2.24) is 15.4 Å². The first kappa shape index (κ1) is 25.6. The molecule has 194 valence electrons. The van der Waals surface area contributed by atoms with Gasteiger partial charge < -0.3 is 4.84 Å². The second-order valence-electron chi connectivity index (χ2n) is 10.5. The van der Waals surface area contributed by atoms with E-state index in [9.17, 15) is 4.79 Å². The first-order valence-corrected chi connectivity index (χ1v) is 14.0. The number of benzene rings is 2. The van der Waals surface area contributed by atoms with Gasteiger partial charge in [-0.3, -0.25) is 10.3 Å². The van der Waals surface area contributed by atoms with Gasteiger partial charge in [-0.05, 0) is 48.9 Å². The van der Waals surface area contributed by atoms with E-state index in [2.05, 4.69) is 15.4 Å². The van der Waals surface area contributed by atoms with Gasteiger partial charge in [0.1, 0.15) is 0 Å². The summed E-state index contributed by atoms with van der Waals surface area (Å²) in [7, 11) is 0. The van der Waals surface area contributed by atoms with Crippen molar-refractivity contribution >= 4 is 5.97 Å². The number of carbonyl (C=O) groups excluding carboxylic acids is 1. The zero-order chi connectivity index (χ0) is 25.3. The maximum atomic E-state index is 14.6. The smallest absolute Gasteiger partial charge is 0.354 e. The summed E-state index contributed by atoms with van der Waals surface area (Å²) < 4.78 is 0. The Bertz CT molecular complexity index is 1040. The quantitative estimate of drug-likeness (QED) is 0.340. The molecule has 0 atom stereocenters. The molecule has 0 radical (unpaired) electrons. The van der Waals surface area contributed by atoms with E-state index in [0.717, 1.165) is 42.5 Å². The van der Waals surface area contributed by atoms with E-state index >= 15 is 0 Å². The lowest BCUT2D eigenvalue weighted by atomic mass is 9.82. The lowest BCUT2D eigenvalue weighted by Gasteiger charge is -2.42. The van der Waals surface area contributed by atoms with Crippen LogP contribution in [-0.4, -0.2) is 28.1 Å². The first-order valence-electron chi connectivity index (χ1n) is 14.0. The molecule has 0 amide bonds. The number of nitrogens with zero attached hydrogens (tertiary/aromatic N) is 2. The number of pyridine rings is 1. The minimum absolute atomic E-state index is 0.267. The lowest BCUT2D eigenvalue weighted by molar-refractivity contribution is -0.228. The predicted octanol–water partition coefficient (Wildman–Crippen LogP) is 6.54. The molecule has 5 heteroatoms. The van der Waals surface area contributed by atoms with Crippen LogP contribution in [-0.2, 0) is 21.7 Å². The number of hydrogen-bond acceptors (Lipinski definition) is 5. The van der Waals surface area contributed by atoms with Crippen LogP contribution in [0.1, 0.15) is 81.0 Å². The molecule has 0 spiro atoms. The van der Waals surface area contributed by atoms with Crippen LogP contribution in [0.5, 0.6) is 0 Å². The normalized spacial score (nSPS) is 17.5. The average Bonchev–Trinajstić information content (AvgIpc) is 2.99. The van der Waals surface area contributed by atoms with E-state index < -0.39 is 5.54 Å². The van der Waals surface area contributed by atoms with Crippen LogP contribution in [0.2, 0.25) is 0 Å². The molecule has 2 fully saturated rings. The molecule has 3 aromatic rings. The zero-order valence-corrected chi connectivity index (χ0v) is 21.7. The minimum atomic E-state index is -1.17. The molecular formula is C32H39N3O2. The topological polar surface area (TPSA) is 54.5 Å². The average molecular weight is 498 g/mol. The second kappa shape index (κ2) is 12.5. The highest BCUT2D eigenvalue weighted by atomic mass is 16.7. The summed E-state index contributed by atoms with van der Waals surface area (Å²) in [5.41, 5.74) is 1.45. The van der Waals surface area contributed by atoms with Crippen LogP contribution in [0.3, 0.4) is 0 Å². The molecule has 1 aromatic heterocycles. The van der Waals surface area contributed by atoms with Crippen molar-refractivity contribution in [2.75, 3.05) is 0 Å². The highest BCUT2D eigenvalue weighted by Crippen LogP contribution is 2.36. The summed E-state index contributed by atoms with van der Waals surface area (Å²) in [5.74, 6) is -0.267. The molecule has 1 N–H and O–H groups in total. The molecule has 0 bridgehead atoms. The largest absolute Gasteiger partial charge is 0.365 e. The van der Waals surface area contributed by atoms with Crippen LogP contribution >= 0.6 is 0 Å². The highest BCUT2D eigenvalue weighted by Gasteiger charge is 2.46. The summed E-state index contributed by atoms with van der Waals surface area (Å²) >= 11 is 0. The Morgan fingerprint density at radius 2 is 1.27 bits per heavy atom. The minimum Gasteiger partial charge on any atom is -0.365 e. The fourth-order valence-corrected chi connectivity index (χ4v) is 6.06. The third-order valence-electron chi connectivity index (χ3n) is 8.04. The molecule has 5 nitrogen and oxygen atoms in total. The van der Waals surface area contributed by atoms with E-state index in [-0.39, 0.29) is 5.97 Å². The third-order valence-corrected chi connectivity index (χ3v) is 8.04. The van der Waals surface area contributed by atoms with Crippen LogP contribution in [0, 0.1) is 0 Å². The maximum Gasteiger partial charge on any atom is 0.354 e. The summed E-state index contributed by atoms with van der Waals surface area (Å²) in [6.07, 6.45) is 13.5. The van der Waals surface area contributed by atoms with E-state index in [0.29, 0.717) is 18.6 Å². The summed E-state index contributed by atoms with van der Waals surface area (Å²) in [5, 5.41) is 5.76. The van der Waals surface area contributed by atoms with Crippen molar-refractivity contribution in [3.05, 3.63) is 102 Å². The first-order chi connectivity index (χ1) is 18.3. The Morgan fingerprint density at radius 1 is 0.757 bits per heavy atom. The van der Waals surface area contributed by atoms with Crippen LogP contribution in [0.15, 0.2) is 85.1 Å². The van der Waals surface area contributed by atoms with Crippen LogP contribution in [0.4, 0.5) is 0 Å². The SMILES string of the molecule is O=C(ON(C1CCCCC1)C1CCCCC1)C(NCc1ccccn1)(c1ccccc1)c1ccccc1. The number of aromatic nitrogens is 1. The molecule has 2 aromatic carbocycles. The van der Waals surface area contributed by atoms with Gasteiger partial charge in [-0.2, -0.15) is 0 Å². The Balaban J connectivity index is 1.54. The molecule has 37 heavy (non-hydrogen) atoms. The fourth-order valence-electron chi connectivity index (χ4n) is 6.06. The lowest BCUT2D eigenvalue weighted by Crippen LogP contribution is -2.55. The number of rotatable bonds is 9. The Labute approximate surface area is 221 Å². The summed E-state index contributed by atoms with van der Waals surface area (Å²) in [6, 6.07) is 26.5. The van der Waals surface area contributed by atoms with Gasteiger partial charge in [0.15, 0.2) is 5.54 Å². The van der Waals surface area contributed by atoms with Gasteiger partial charge in [0.25, 0.3) is 0 Å². The van der Waals surface area contributed by atoms with Crippen molar-refractivity contribution in [1.29, 1.82) is 0 Å². The molecule has 0 unspecified atom stereocenters. The van der Waals surface area contributed by atoms with E-state index in [4.69, 9.17) is 4.84 Å². The van der Waals surface area contributed by atoms with Crippen molar-refractivity contribution in [3.8, 4) is 0 Å². The van der Waals surface area contributed by atoms with Gasteiger partial charge in [0.05, 0.1) is 5.69 Å². The Kier molecular flexibility index (Phi) is 8.64. The molecular weight excluding hydrogens is 458 g/mol. The fraction of sp³-hybridized carbons (Fsp3) is 0.438. The van der Waals surface area contributed by atoms with Gasteiger partial charge in [0, 0.05) is 24.8 Å². The number of carbonyl (C=O) groups is 1. The van der Waals surface area contributed by atoms with Gasteiger partial charge >= 0.3 is 5.97 Å². The van der Waals surface area contributed by atoms with Crippen molar-refractivity contribution in [2.24, 2.45) is 0 Å². The van der Waals surface area contributed by atoms with E-state index in [1.54, 1.807) is 6.20 Å². The number of nitrogens with one attached hydrogen (secondary N) is 1. The van der Waals surface area contributed by atoms with Crippen molar-refractivity contribution in [2.45, 2.75) is 88.4 Å². The zero-order valence-electron chi connectivity index (χ0n) is 21.7. The molecule has 1 heterocycles. The van der Waals surface area contributed by atoms with Gasteiger partial charge in [-0.25, -0.2) is 4.79 Å². The standard InChI is InChI=1S/C32H39N3O2/c36-31(37-35(29-20-9-3-10-21-29)30-22-11-4-12-23-30)32(26-15-5-1-6-16-26,27-17-7-2-8-18-27)34-25-28-19-13-14-24-33-28/h1-2,5-8,13-19,24,29-30,34H,3-4,9-12,20-23,25H2. The number of hydrogen-bond donors (Lipinski definition) is 1. The Morgan fingerprint density at radius 3 is 1.76 bits per heavy atom. The maximum absolute atomic E-state index is 14.6. The molecule has 0 aliphatic heterocycles. The highest BCUT2D eigenvalue weighted by molar-refractivity contribution is 5.87. The second-order valence-corrected chi connectivity index (χ2v) is 10.5. The van der Waals surface area contributed by atoms with Crippen molar-refractivity contribution < 1.29 is 9.63 Å². The van der Waals surface area contributed by atoms with E-state index in [1.807, 2.05) is 78.9 Å². The molecule has 5 rings (SSSR count). The number of hydroxylamine groups is 2. The molecule has 2 aliphatic rings. The molecule has 2 saturated carbocycles. The van der Waals surface area contributed by atoms with Crippen LogP contribution < -0.4 is 5.32 Å². The van der Waals surface area contributed by atoms with Crippen molar-refractivity contribution in [3.63, 3.8) is 0 Å². The van der Waals surface area contributed by atoms with Gasteiger partial charge in [-0.1, -0.05) is 105 Å². The van der Waals surface area contributed by atoms with Crippen LogP contribution in [0.25, 0.3) is 0 Å². The van der Waals surface area contributed by atoms with Gasteiger partial charge in [0.2, 0.25) is 0 Å². The van der Waals surface area contributed by atoms with Gasteiger partial charge in [-0.15, -0.1) is 5.06 Å². The summed E-state index contributed by atoms with van der Waals surface area (Å²) in [6.45, 7) is 0.437.